The highest BCUT2D eigenvalue weighted by molar-refractivity contribution is 7.92. The summed E-state index contributed by atoms with van der Waals surface area (Å²) in [6.07, 6.45) is -3.91. The van der Waals surface area contributed by atoms with Crippen molar-refractivity contribution in [2.24, 2.45) is 0 Å². The third-order valence-corrected chi connectivity index (χ3v) is 7.74. The second kappa shape index (κ2) is 10.2. The van der Waals surface area contributed by atoms with Crippen molar-refractivity contribution in [2.75, 3.05) is 18.1 Å². The normalized spacial score (nSPS) is 12.2. The van der Waals surface area contributed by atoms with E-state index in [4.69, 9.17) is 44.0 Å². The summed E-state index contributed by atoms with van der Waals surface area (Å²) >= 11 is 17.9. The zero-order valence-electron chi connectivity index (χ0n) is 18.8. The molecule has 0 aliphatic rings. The SMILES string of the molecule is COCN(c1cc(Cl)cnc1C(=O)c1c(Cl)ccc2[nH]c(=O)oc12)S(=O)(=O)c1ccc(Cl)c(C(F)(F)F)c1. The van der Waals surface area contributed by atoms with Crippen molar-refractivity contribution in [3.8, 4) is 0 Å². The Bertz CT molecular complexity index is 1740. The number of nitrogens with zero attached hydrogens (tertiary/aromatic N) is 2. The van der Waals surface area contributed by atoms with Gasteiger partial charge in [0.25, 0.3) is 10.0 Å². The molecule has 2 aromatic carbocycles. The molecule has 38 heavy (non-hydrogen) atoms. The van der Waals surface area contributed by atoms with Crippen LogP contribution >= 0.6 is 34.8 Å². The van der Waals surface area contributed by atoms with Crippen molar-refractivity contribution in [1.29, 1.82) is 0 Å². The second-order valence-corrected chi connectivity index (χ2v) is 10.7. The van der Waals surface area contributed by atoms with Crippen molar-refractivity contribution in [3.63, 3.8) is 0 Å². The summed E-state index contributed by atoms with van der Waals surface area (Å²) in [5.41, 5.74) is -2.78. The average Bonchev–Trinajstić information content (AvgIpc) is 3.21. The Morgan fingerprint density at radius 1 is 1.13 bits per heavy atom. The van der Waals surface area contributed by atoms with Crippen molar-refractivity contribution in [3.05, 3.63) is 85.0 Å². The Morgan fingerprint density at radius 3 is 2.47 bits per heavy atom. The topological polar surface area (TPSA) is 123 Å². The molecule has 2 aromatic heterocycles. The summed E-state index contributed by atoms with van der Waals surface area (Å²) in [4.78, 5) is 30.9. The average molecular weight is 611 g/mol. The number of methoxy groups -OCH3 is 1. The molecule has 0 unspecified atom stereocenters. The maximum atomic E-state index is 13.6. The summed E-state index contributed by atoms with van der Waals surface area (Å²) in [7, 11) is -3.71. The Labute approximate surface area is 226 Å². The van der Waals surface area contributed by atoms with E-state index < -0.39 is 61.3 Å². The molecule has 0 aliphatic heterocycles. The number of oxazole rings is 1. The molecule has 0 fully saturated rings. The van der Waals surface area contributed by atoms with Crippen LogP contribution in [0.15, 0.2) is 56.7 Å². The summed E-state index contributed by atoms with van der Waals surface area (Å²) < 4.78 is 78.0. The molecule has 0 saturated carbocycles. The van der Waals surface area contributed by atoms with Gasteiger partial charge in [-0.2, -0.15) is 13.2 Å². The number of aromatic nitrogens is 2. The first-order valence-corrected chi connectivity index (χ1v) is 12.7. The predicted octanol–water partition coefficient (Wildman–Crippen LogP) is 5.53. The molecule has 0 saturated heterocycles. The predicted molar refractivity (Wildman–Crippen MR) is 133 cm³/mol. The zero-order valence-corrected chi connectivity index (χ0v) is 21.9. The largest absolute Gasteiger partial charge is 0.417 e. The molecule has 4 rings (SSSR count). The van der Waals surface area contributed by atoms with Gasteiger partial charge in [-0.15, -0.1) is 0 Å². The number of sulfonamides is 1. The molecular formula is C22H13Cl3F3N3O6S. The van der Waals surface area contributed by atoms with E-state index >= 15 is 0 Å². The van der Waals surface area contributed by atoms with Crippen molar-refractivity contribution >= 4 is 67.4 Å². The van der Waals surface area contributed by atoms with Crippen LogP contribution < -0.4 is 10.1 Å². The quantitative estimate of drug-likeness (QED) is 0.216. The zero-order chi connectivity index (χ0) is 28.0. The van der Waals surface area contributed by atoms with Gasteiger partial charge < -0.3 is 9.15 Å². The first-order chi connectivity index (χ1) is 17.8. The number of nitrogens with one attached hydrogen (secondary N) is 1. The first-order valence-electron chi connectivity index (χ1n) is 10.2. The van der Waals surface area contributed by atoms with Gasteiger partial charge in [0.15, 0.2) is 5.58 Å². The molecule has 200 valence electrons. The summed E-state index contributed by atoms with van der Waals surface area (Å²) in [5, 5.41) is -0.982. The van der Waals surface area contributed by atoms with E-state index in [0.717, 1.165) is 31.5 Å². The molecule has 0 spiro atoms. The van der Waals surface area contributed by atoms with E-state index in [0.29, 0.717) is 10.4 Å². The van der Waals surface area contributed by atoms with Gasteiger partial charge in [-0.05, 0) is 36.4 Å². The van der Waals surface area contributed by atoms with E-state index in [1.807, 2.05) is 0 Å². The number of alkyl halides is 3. The standard InChI is InChI=1S/C22H13Cl3F3N3O6S/c1-36-9-31(38(34,35)11-2-3-13(24)12(7-11)22(26,27)28)16-6-10(23)8-29-18(16)19(32)17-14(25)4-5-15-20(17)37-21(33)30-15/h2-8H,9H2,1H3,(H,30,33). The van der Waals surface area contributed by atoms with Gasteiger partial charge in [0, 0.05) is 13.3 Å². The number of rotatable bonds is 7. The molecule has 0 atom stereocenters. The number of hydrogen-bond acceptors (Lipinski definition) is 7. The van der Waals surface area contributed by atoms with E-state index in [-0.39, 0.29) is 26.7 Å². The number of anilines is 1. The van der Waals surface area contributed by atoms with Crippen molar-refractivity contribution in [1.82, 2.24) is 9.97 Å². The number of hydrogen-bond donors (Lipinski definition) is 1. The van der Waals surface area contributed by atoms with Crippen LogP contribution in [0.1, 0.15) is 21.6 Å². The van der Waals surface area contributed by atoms with Gasteiger partial charge in [-0.25, -0.2) is 22.5 Å². The number of carbonyl (C=O) groups is 1. The van der Waals surface area contributed by atoms with Crippen LogP contribution in [0.2, 0.25) is 15.1 Å². The molecule has 0 aliphatic carbocycles. The molecule has 0 radical (unpaired) electrons. The van der Waals surface area contributed by atoms with E-state index in [9.17, 15) is 31.2 Å². The monoisotopic (exact) mass is 609 g/mol. The van der Waals surface area contributed by atoms with Gasteiger partial charge in [0.05, 0.1) is 42.3 Å². The number of pyridine rings is 1. The molecule has 16 heteroatoms. The minimum Gasteiger partial charge on any atom is -0.407 e. The molecule has 0 amide bonds. The number of halogens is 6. The second-order valence-electron chi connectivity index (χ2n) is 7.57. The molecule has 2 heterocycles. The molecule has 0 bridgehead atoms. The molecule has 1 N–H and O–H groups in total. The molecule has 4 aromatic rings. The number of carbonyl (C=O) groups excluding carboxylic acids is 1. The van der Waals surface area contributed by atoms with Crippen LogP contribution in [0.5, 0.6) is 0 Å². The maximum absolute atomic E-state index is 13.6. The highest BCUT2D eigenvalue weighted by Gasteiger charge is 2.37. The Hall–Kier alpha value is -3.10. The number of ketones is 1. The molecular weight excluding hydrogens is 598 g/mol. The smallest absolute Gasteiger partial charge is 0.407 e. The third-order valence-electron chi connectivity index (χ3n) is 5.16. The van der Waals surface area contributed by atoms with Crippen molar-refractivity contribution < 1.29 is 35.5 Å². The van der Waals surface area contributed by atoms with Crippen LogP contribution in [0.3, 0.4) is 0 Å². The fourth-order valence-electron chi connectivity index (χ4n) is 3.51. The Balaban J connectivity index is 1.93. The third kappa shape index (κ3) is 5.12. The summed E-state index contributed by atoms with van der Waals surface area (Å²) in [5.74, 6) is -1.86. The lowest BCUT2D eigenvalue weighted by Gasteiger charge is -2.25. The lowest BCUT2D eigenvalue weighted by atomic mass is 10.1. The van der Waals surface area contributed by atoms with Crippen LogP contribution in [0.4, 0.5) is 18.9 Å². The van der Waals surface area contributed by atoms with Gasteiger partial charge in [-0.3, -0.25) is 9.78 Å². The maximum Gasteiger partial charge on any atom is 0.417 e. The summed E-state index contributed by atoms with van der Waals surface area (Å²) in [6.45, 7) is -0.758. The lowest BCUT2D eigenvalue weighted by Crippen LogP contribution is -2.34. The van der Waals surface area contributed by atoms with E-state index in [1.54, 1.807) is 0 Å². The van der Waals surface area contributed by atoms with Crippen LogP contribution in [0.25, 0.3) is 11.1 Å². The molecule has 9 nitrogen and oxygen atoms in total. The van der Waals surface area contributed by atoms with Gasteiger partial charge in [0.1, 0.15) is 12.4 Å². The number of aromatic amines is 1. The summed E-state index contributed by atoms with van der Waals surface area (Å²) in [6, 6.07) is 5.73. The minimum atomic E-state index is -4.96. The number of benzene rings is 2. The van der Waals surface area contributed by atoms with E-state index in [1.165, 1.54) is 12.1 Å². The van der Waals surface area contributed by atoms with Crippen LogP contribution in [-0.2, 0) is 20.9 Å². The number of H-pyrrole nitrogens is 1. The minimum absolute atomic E-state index is 0.113. The first kappa shape index (κ1) is 27.9. The lowest BCUT2D eigenvalue weighted by molar-refractivity contribution is -0.137. The highest BCUT2D eigenvalue weighted by atomic mass is 35.5. The fraction of sp³-hybridized carbons (Fsp3) is 0.136. The fourth-order valence-corrected chi connectivity index (χ4v) is 5.52. The number of ether oxygens (including phenoxy) is 1. The van der Waals surface area contributed by atoms with E-state index in [2.05, 4.69) is 9.97 Å². The number of fused-ring (bicyclic) bond motifs is 1. The Kier molecular flexibility index (Phi) is 7.51. The van der Waals surface area contributed by atoms with Gasteiger partial charge >= 0.3 is 11.9 Å². The van der Waals surface area contributed by atoms with Crippen molar-refractivity contribution in [2.45, 2.75) is 11.1 Å². The van der Waals surface area contributed by atoms with Gasteiger partial charge in [0.2, 0.25) is 5.78 Å². The highest BCUT2D eigenvalue weighted by Crippen LogP contribution is 2.38. The van der Waals surface area contributed by atoms with Gasteiger partial charge in [-0.1, -0.05) is 34.8 Å². The van der Waals surface area contributed by atoms with Crippen LogP contribution in [0, 0.1) is 0 Å². The van der Waals surface area contributed by atoms with Crippen LogP contribution in [-0.4, -0.2) is 38.0 Å². The Morgan fingerprint density at radius 2 is 1.82 bits per heavy atom.